The molecule has 0 bridgehead atoms. The Morgan fingerprint density at radius 1 is 1.06 bits per heavy atom. The maximum absolute atomic E-state index is 12.6. The van der Waals surface area contributed by atoms with Crippen molar-refractivity contribution in [3.8, 4) is 17.6 Å². The molecule has 0 aromatic heterocycles. The summed E-state index contributed by atoms with van der Waals surface area (Å²) in [5.74, 6) is -0.696. The highest BCUT2D eigenvalue weighted by atomic mass is 79.9. The zero-order valence-corrected chi connectivity index (χ0v) is 21.0. The van der Waals surface area contributed by atoms with E-state index in [1.54, 1.807) is 48.5 Å². The minimum absolute atomic E-state index is 0.0853. The third-order valence-electron chi connectivity index (χ3n) is 4.65. The molecular weight excluding hydrogens is 568 g/mol. The van der Waals surface area contributed by atoms with Crippen molar-refractivity contribution in [3.05, 3.63) is 91.9 Å². The van der Waals surface area contributed by atoms with Crippen molar-refractivity contribution in [2.75, 3.05) is 12.4 Å². The molecule has 0 aliphatic rings. The number of carbonyl (C=O) groups is 2. The molecule has 3 aromatic rings. The van der Waals surface area contributed by atoms with Gasteiger partial charge in [0.05, 0.1) is 12.7 Å². The van der Waals surface area contributed by atoms with Crippen LogP contribution in [0.25, 0.3) is 6.08 Å². The highest BCUT2D eigenvalue weighted by Gasteiger charge is 2.14. The summed E-state index contributed by atoms with van der Waals surface area (Å²) in [5, 5.41) is 21.2. The summed E-state index contributed by atoms with van der Waals surface area (Å²) in [5.41, 5.74) is 2.00. The van der Waals surface area contributed by atoms with Gasteiger partial charge in [0.15, 0.2) is 11.5 Å². The Morgan fingerprint density at radius 3 is 2.32 bits per heavy atom. The number of nitrogens with one attached hydrogen (secondary N) is 1. The molecular formula is C25H18Br2N2O5. The SMILES string of the molecule is COc1cc(/C=C(/C#N)C(=O)Nc2ccc(Br)cc2)c(Br)cc1OCc1ccc(C(=O)O)cc1. The molecule has 0 aliphatic heterocycles. The van der Waals surface area contributed by atoms with Gasteiger partial charge in [-0.15, -0.1) is 0 Å². The Kier molecular flexibility index (Phi) is 8.46. The van der Waals surface area contributed by atoms with Crippen LogP contribution in [0.15, 0.2) is 75.2 Å². The molecule has 0 saturated heterocycles. The molecule has 2 N–H and O–H groups in total. The van der Waals surface area contributed by atoms with Crippen LogP contribution in [-0.2, 0) is 11.4 Å². The molecule has 0 radical (unpaired) electrons. The molecule has 0 aliphatic carbocycles. The van der Waals surface area contributed by atoms with Crippen LogP contribution < -0.4 is 14.8 Å². The lowest BCUT2D eigenvalue weighted by atomic mass is 10.1. The summed E-state index contributed by atoms with van der Waals surface area (Å²) in [7, 11) is 1.48. The van der Waals surface area contributed by atoms with Crippen molar-refractivity contribution in [3.63, 3.8) is 0 Å². The van der Waals surface area contributed by atoms with Gasteiger partial charge >= 0.3 is 5.97 Å². The fraction of sp³-hybridized carbons (Fsp3) is 0.0800. The van der Waals surface area contributed by atoms with E-state index in [2.05, 4.69) is 37.2 Å². The average molecular weight is 586 g/mol. The number of carboxylic acids is 1. The highest BCUT2D eigenvalue weighted by Crippen LogP contribution is 2.35. The van der Waals surface area contributed by atoms with Crippen molar-refractivity contribution < 1.29 is 24.2 Å². The van der Waals surface area contributed by atoms with Gasteiger partial charge < -0.3 is 19.9 Å². The number of nitriles is 1. The van der Waals surface area contributed by atoms with Gasteiger partial charge in [0.2, 0.25) is 0 Å². The monoisotopic (exact) mass is 584 g/mol. The summed E-state index contributed by atoms with van der Waals surface area (Å²) >= 11 is 6.79. The van der Waals surface area contributed by atoms with E-state index in [9.17, 15) is 14.9 Å². The minimum atomic E-state index is -0.996. The van der Waals surface area contributed by atoms with E-state index in [0.717, 1.165) is 10.0 Å². The first-order valence-electron chi connectivity index (χ1n) is 9.82. The van der Waals surface area contributed by atoms with E-state index in [1.165, 1.54) is 25.3 Å². The van der Waals surface area contributed by atoms with Crippen molar-refractivity contribution >= 4 is 55.5 Å². The number of hydrogen-bond acceptors (Lipinski definition) is 5. The van der Waals surface area contributed by atoms with E-state index in [0.29, 0.717) is 27.2 Å². The topological polar surface area (TPSA) is 109 Å². The largest absolute Gasteiger partial charge is 0.493 e. The zero-order chi connectivity index (χ0) is 24.7. The molecule has 9 heteroatoms. The van der Waals surface area contributed by atoms with Gasteiger partial charge in [-0.1, -0.05) is 44.0 Å². The highest BCUT2D eigenvalue weighted by molar-refractivity contribution is 9.10. The molecule has 3 rings (SSSR count). The lowest BCUT2D eigenvalue weighted by Gasteiger charge is -2.13. The molecule has 0 atom stereocenters. The fourth-order valence-electron chi connectivity index (χ4n) is 2.87. The number of amides is 1. The Hall–Kier alpha value is -3.61. The Morgan fingerprint density at radius 2 is 1.74 bits per heavy atom. The molecule has 3 aromatic carbocycles. The quantitative estimate of drug-likeness (QED) is 0.246. The summed E-state index contributed by atoms with van der Waals surface area (Å²) in [6.07, 6.45) is 1.45. The second-order valence-corrected chi connectivity index (χ2v) is 8.72. The second kappa shape index (κ2) is 11.5. The first-order chi connectivity index (χ1) is 16.3. The van der Waals surface area contributed by atoms with Crippen molar-refractivity contribution in [1.82, 2.24) is 0 Å². The number of ether oxygens (including phenoxy) is 2. The summed E-state index contributed by atoms with van der Waals surface area (Å²) < 4.78 is 12.7. The molecule has 7 nitrogen and oxygen atoms in total. The molecule has 172 valence electrons. The number of benzene rings is 3. The standard InChI is InChI=1S/C25H18Br2N2O5/c1-33-22-11-17(10-18(13-28)24(30)29-20-8-6-19(26)7-9-20)21(27)12-23(22)34-14-15-2-4-16(5-3-15)25(31)32/h2-12H,14H2,1H3,(H,29,30)(H,31,32)/b18-10-. The van der Waals surface area contributed by atoms with Crippen LogP contribution in [0.1, 0.15) is 21.5 Å². The van der Waals surface area contributed by atoms with Gasteiger partial charge in [-0.05, 0) is 65.7 Å². The fourth-order valence-corrected chi connectivity index (χ4v) is 3.58. The predicted octanol–water partition coefficient (Wildman–Crippen LogP) is 6.04. The number of anilines is 1. The van der Waals surface area contributed by atoms with E-state index in [-0.39, 0.29) is 17.7 Å². The smallest absolute Gasteiger partial charge is 0.335 e. The summed E-state index contributed by atoms with van der Waals surface area (Å²) in [6.45, 7) is 0.191. The lowest BCUT2D eigenvalue weighted by molar-refractivity contribution is -0.112. The Balaban J connectivity index is 1.78. The van der Waals surface area contributed by atoms with Crippen LogP contribution in [-0.4, -0.2) is 24.1 Å². The molecule has 0 saturated carbocycles. The predicted molar refractivity (Wildman–Crippen MR) is 135 cm³/mol. The van der Waals surface area contributed by atoms with Gasteiger partial charge in [-0.2, -0.15) is 5.26 Å². The Bertz CT molecular complexity index is 1280. The van der Waals surface area contributed by atoms with Gasteiger partial charge in [0.1, 0.15) is 18.2 Å². The Labute approximate surface area is 212 Å². The zero-order valence-electron chi connectivity index (χ0n) is 17.8. The second-order valence-electron chi connectivity index (χ2n) is 6.95. The van der Waals surface area contributed by atoms with Gasteiger partial charge in [-0.25, -0.2) is 4.79 Å². The van der Waals surface area contributed by atoms with E-state index in [4.69, 9.17) is 14.6 Å². The van der Waals surface area contributed by atoms with Crippen LogP contribution in [0.2, 0.25) is 0 Å². The van der Waals surface area contributed by atoms with Gasteiger partial charge in [0, 0.05) is 14.6 Å². The maximum atomic E-state index is 12.6. The van der Waals surface area contributed by atoms with Crippen LogP contribution in [0, 0.1) is 11.3 Å². The molecule has 0 fully saturated rings. The van der Waals surface area contributed by atoms with Crippen LogP contribution in [0.4, 0.5) is 5.69 Å². The van der Waals surface area contributed by atoms with Crippen molar-refractivity contribution in [2.45, 2.75) is 6.61 Å². The first-order valence-corrected chi connectivity index (χ1v) is 11.4. The number of hydrogen-bond donors (Lipinski definition) is 2. The number of methoxy groups -OCH3 is 1. The molecule has 34 heavy (non-hydrogen) atoms. The maximum Gasteiger partial charge on any atom is 0.335 e. The third kappa shape index (κ3) is 6.47. The number of halogens is 2. The molecule has 1 amide bonds. The van der Waals surface area contributed by atoms with Crippen LogP contribution in [0.5, 0.6) is 11.5 Å². The molecule has 0 heterocycles. The van der Waals surface area contributed by atoms with Crippen LogP contribution >= 0.6 is 31.9 Å². The number of aromatic carboxylic acids is 1. The van der Waals surface area contributed by atoms with E-state index in [1.807, 2.05) is 6.07 Å². The molecule has 0 unspecified atom stereocenters. The number of carboxylic acid groups (broad SMARTS) is 1. The van der Waals surface area contributed by atoms with Crippen molar-refractivity contribution in [2.24, 2.45) is 0 Å². The van der Waals surface area contributed by atoms with Crippen LogP contribution in [0.3, 0.4) is 0 Å². The van der Waals surface area contributed by atoms with E-state index < -0.39 is 11.9 Å². The number of rotatable bonds is 8. The molecule has 0 spiro atoms. The normalized spacial score (nSPS) is 10.8. The number of nitrogens with zero attached hydrogens (tertiary/aromatic N) is 1. The van der Waals surface area contributed by atoms with Crippen molar-refractivity contribution in [1.29, 1.82) is 5.26 Å². The summed E-state index contributed by atoms with van der Waals surface area (Å²) in [4.78, 5) is 23.6. The third-order valence-corrected chi connectivity index (χ3v) is 5.86. The van der Waals surface area contributed by atoms with Gasteiger partial charge in [0.25, 0.3) is 5.91 Å². The number of carbonyl (C=O) groups excluding carboxylic acids is 1. The average Bonchev–Trinajstić information content (AvgIpc) is 2.83. The lowest BCUT2D eigenvalue weighted by Crippen LogP contribution is -2.13. The minimum Gasteiger partial charge on any atom is -0.493 e. The first kappa shape index (κ1) is 25.0. The van der Waals surface area contributed by atoms with E-state index >= 15 is 0 Å². The summed E-state index contributed by atoms with van der Waals surface area (Å²) in [6, 6.07) is 18.6. The van der Waals surface area contributed by atoms with Gasteiger partial charge in [-0.3, -0.25) is 4.79 Å².